The molecule has 1 aromatic heterocycles. The summed E-state index contributed by atoms with van der Waals surface area (Å²) in [5.74, 6) is 0.185. The molecule has 2 fully saturated rings. The predicted octanol–water partition coefficient (Wildman–Crippen LogP) is 1.73. The topological polar surface area (TPSA) is 70.1 Å². The van der Waals surface area contributed by atoms with E-state index in [9.17, 15) is 4.79 Å². The molecule has 3 rings (SSSR count). The van der Waals surface area contributed by atoms with Crippen LogP contribution in [0.25, 0.3) is 0 Å². The van der Waals surface area contributed by atoms with Gasteiger partial charge in [0.05, 0.1) is 17.8 Å². The number of Topliss-reactive ketones (excluding diaryl/α,β-unsaturated/α-hetero) is 1. The quantitative estimate of drug-likeness (QED) is 0.913. The van der Waals surface area contributed by atoms with E-state index in [2.05, 4.69) is 5.10 Å². The summed E-state index contributed by atoms with van der Waals surface area (Å²) in [5, 5.41) is 4.10. The van der Waals surface area contributed by atoms with Crippen molar-refractivity contribution in [2.45, 2.75) is 50.2 Å². The van der Waals surface area contributed by atoms with Crippen LogP contribution < -0.4 is 5.73 Å². The zero-order valence-electron chi connectivity index (χ0n) is 12.0. The summed E-state index contributed by atoms with van der Waals surface area (Å²) < 4.78 is 7.67. The zero-order valence-corrected chi connectivity index (χ0v) is 12.0. The molecule has 2 unspecified atom stereocenters. The van der Waals surface area contributed by atoms with Gasteiger partial charge >= 0.3 is 0 Å². The van der Waals surface area contributed by atoms with Gasteiger partial charge in [-0.05, 0) is 25.7 Å². The molecule has 1 aliphatic heterocycles. The Morgan fingerprint density at radius 1 is 1.55 bits per heavy atom. The van der Waals surface area contributed by atoms with Crippen molar-refractivity contribution >= 4 is 5.78 Å². The Morgan fingerprint density at radius 2 is 2.30 bits per heavy atom. The molecule has 0 bridgehead atoms. The molecule has 1 saturated heterocycles. The molecule has 2 aliphatic rings. The maximum Gasteiger partial charge on any atom is 0.157 e. The molecule has 0 radical (unpaired) electrons. The van der Waals surface area contributed by atoms with Gasteiger partial charge in [0.25, 0.3) is 0 Å². The van der Waals surface area contributed by atoms with Crippen LogP contribution in [0.3, 0.4) is 0 Å². The molecular formula is C15H23N3O2. The van der Waals surface area contributed by atoms with Gasteiger partial charge in [0.1, 0.15) is 0 Å². The van der Waals surface area contributed by atoms with Crippen LogP contribution in [0.15, 0.2) is 12.4 Å². The second-order valence-electron chi connectivity index (χ2n) is 6.26. The number of ketones is 1. The summed E-state index contributed by atoms with van der Waals surface area (Å²) in [6.07, 6.45) is 9.79. The molecule has 5 nitrogen and oxygen atoms in total. The minimum atomic E-state index is -0.551. The van der Waals surface area contributed by atoms with E-state index in [1.165, 1.54) is 12.8 Å². The first kappa shape index (κ1) is 13.8. The highest BCUT2D eigenvalue weighted by atomic mass is 16.5. The minimum Gasteiger partial charge on any atom is -0.375 e. The normalized spacial score (nSPS) is 26.8. The fourth-order valence-electron chi connectivity index (χ4n) is 3.66. The second kappa shape index (κ2) is 5.30. The van der Waals surface area contributed by atoms with Crippen molar-refractivity contribution in [3.05, 3.63) is 18.0 Å². The standard InChI is InChI=1S/C15H23N3O2/c1-18-10-12(9-17-18)13(16)14(19)11-4-7-20-15(8-11)5-2-3-6-15/h9-11,13H,2-8,16H2,1H3. The number of rotatable bonds is 3. The molecule has 2 atom stereocenters. The lowest BCUT2D eigenvalue weighted by atomic mass is 9.80. The summed E-state index contributed by atoms with van der Waals surface area (Å²) in [7, 11) is 1.84. The van der Waals surface area contributed by atoms with Gasteiger partial charge in [-0.1, -0.05) is 12.8 Å². The van der Waals surface area contributed by atoms with Crippen LogP contribution in [0.2, 0.25) is 0 Å². The van der Waals surface area contributed by atoms with E-state index in [4.69, 9.17) is 10.5 Å². The van der Waals surface area contributed by atoms with E-state index in [1.807, 2.05) is 13.2 Å². The smallest absolute Gasteiger partial charge is 0.157 e. The lowest BCUT2D eigenvalue weighted by molar-refractivity contribution is -0.137. The second-order valence-corrected chi connectivity index (χ2v) is 6.26. The van der Waals surface area contributed by atoms with Crippen molar-refractivity contribution < 1.29 is 9.53 Å². The molecule has 1 spiro atoms. The average Bonchev–Trinajstić information content (AvgIpc) is 3.07. The van der Waals surface area contributed by atoms with Crippen molar-refractivity contribution in [1.82, 2.24) is 9.78 Å². The van der Waals surface area contributed by atoms with E-state index in [1.54, 1.807) is 10.9 Å². The van der Waals surface area contributed by atoms with Crippen LogP contribution in [0.5, 0.6) is 0 Å². The third kappa shape index (κ3) is 2.52. The largest absolute Gasteiger partial charge is 0.375 e. The van der Waals surface area contributed by atoms with Gasteiger partial charge in [0.2, 0.25) is 0 Å². The number of hydrogen-bond acceptors (Lipinski definition) is 4. The Bertz CT molecular complexity index is 491. The molecular weight excluding hydrogens is 254 g/mol. The first-order valence-electron chi connectivity index (χ1n) is 7.51. The molecule has 2 N–H and O–H groups in total. The fraction of sp³-hybridized carbons (Fsp3) is 0.733. The van der Waals surface area contributed by atoms with Gasteiger partial charge in [-0.3, -0.25) is 9.48 Å². The van der Waals surface area contributed by atoms with Crippen molar-refractivity contribution in [1.29, 1.82) is 0 Å². The van der Waals surface area contributed by atoms with Gasteiger partial charge < -0.3 is 10.5 Å². The number of nitrogens with two attached hydrogens (primary N) is 1. The Hall–Kier alpha value is -1.20. The molecule has 110 valence electrons. The number of hydrogen-bond donors (Lipinski definition) is 1. The lowest BCUT2D eigenvalue weighted by Gasteiger charge is -2.38. The molecule has 2 heterocycles. The minimum absolute atomic E-state index is 0.0345. The van der Waals surface area contributed by atoms with E-state index in [0.717, 1.165) is 31.2 Å². The van der Waals surface area contributed by atoms with Gasteiger partial charge in [-0.2, -0.15) is 5.10 Å². The van der Waals surface area contributed by atoms with Crippen LogP contribution in [0, 0.1) is 5.92 Å². The lowest BCUT2D eigenvalue weighted by Crippen LogP contribution is -2.42. The van der Waals surface area contributed by atoms with E-state index < -0.39 is 6.04 Å². The molecule has 5 heteroatoms. The first-order chi connectivity index (χ1) is 9.60. The number of aryl methyl sites for hydroxylation is 1. The van der Waals surface area contributed by atoms with Crippen LogP contribution in [-0.2, 0) is 16.6 Å². The zero-order chi connectivity index (χ0) is 14.2. The Labute approximate surface area is 119 Å². The maximum absolute atomic E-state index is 12.6. The SMILES string of the molecule is Cn1cc(C(N)C(=O)C2CCOC3(CCCC3)C2)cn1. The van der Waals surface area contributed by atoms with Crippen molar-refractivity contribution in [2.75, 3.05) is 6.61 Å². The number of aromatic nitrogens is 2. The number of nitrogens with zero attached hydrogens (tertiary/aromatic N) is 2. The molecule has 0 amide bonds. The van der Waals surface area contributed by atoms with Crippen LogP contribution in [0.4, 0.5) is 0 Å². The Morgan fingerprint density at radius 3 is 2.95 bits per heavy atom. The molecule has 20 heavy (non-hydrogen) atoms. The first-order valence-corrected chi connectivity index (χ1v) is 7.51. The summed E-state index contributed by atoms with van der Waals surface area (Å²) in [4.78, 5) is 12.6. The van der Waals surface area contributed by atoms with Gasteiger partial charge in [0, 0.05) is 31.3 Å². The Kier molecular flexibility index (Phi) is 3.65. The molecule has 1 aromatic rings. The molecule has 0 aromatic carbocycles. The fourth-order valence-corrected chi connectivity index (χ4v) is 3.66. The van der Waals surface area contributed by atoms with Crippen LogP contribution >= 0.6 is 0 Å². The van der Waals surface area contributed by atoms with Crippen LogP contribution in [0.1, 0.15) is 50.1 Å². The van der Waals surface area contributed by atoms with E-state index in [0.29, 0.717) is 6.61 Å². The monoisotopic (exact) mass is 277 g/mol. The van der Waals surface area contributed by atoms with E-state index in [-0.39, 0.29) is 17.3 Å². The number of carbonyl (C=O) groups is 1. The summed E-state index contributed by atoms with van der Waals surface area (Å²) >= 11 is 0. The number of carbonyl (C=O) groups excluding carboxylic acids is 1. The molecule has 1 aliphatic carbocycles. The highest BCUT2D eigenvalue weighted by Crippen LogP contribution is 2.42. The summed E-state index contributed by atoms with van der Waals surface area (Å²) in [5.41, 5.74) is 6.90. The highest BCUT2D eigenvalue weighted by molar-refractivity contribution is 5.87. The summed E-state index contributed by atoms with van der Waals surface area (Å²) in [6.45, 7) is 0.691. The summed E-state index contributed by atoms with van der Waals surface area (Å²) in [6, 6.07) is -0.551. The Balaban J connectivity index is 1.70. The third-order valence-corrected chi connectivity index (χ3v) is 4.80. The molecule has 1 saturated carbocycles. The van der Waals surface area contributed by atoms with Crippen LogP contribution in [-0.4, -0.2) is 27.8 Å². The number of ether oxygens (including phenoxy) is 1. The third-order valence-electron chi connectivity index (χ3n) is 4.80. The maximum atomic E-state index is 12.6. The van der Waals surface area contributed by atoms with Crippen molar-refractivity contribution in [3.8, 4) is 0 Å². The van der Waals surface area contributed by atoms with Crippen molar-refractivity contribution in [3.63, 3.8) is 0 Å². The average molecular weight is 277 g/mol. The highest BCUT2D eigenvalue weighted by Gasteiger charge is 2.42. The van der Waals surface area contributed by atoms with Gasteiger partial charge in [0.15, 0.2) is 5.78 Å². The van der Waals surface area contributed by atoms with Gasteiger partial charge in [-0.15, -0.1) is 0 Å². The van der Waals surface area contributed by atoms with E-state index >= 15 is 0 Å². The van der Waals surface area contributed by atoms with Crippen molar-refractivity contribution in [2.24, 2.45) is 18.7 Å². The van der Waals surface area contributed by atoms with Gasteiger partial charge in [-0.25, -0.2) is 0 Å². The predicted molar refractivity (Wildman–Crippen MR) is 75.0 cm³/mol.